The monoisotopic (exact) mass is 376 g/mol. The maximum atomic E-state index is 6.19. The highest BCUT2D eigenvalue weighted by molar-refractivity contribution is 5.93. The number of furan rings is 1. The van der Waals surface area contributed by atoms with Gasteiger partial charge in [0.15, 0.2) is 5.76 Å². The molecule has 2 aromatic rings. The molecule has 3 aliphatic rings. The molecule has 0 N–H and O–H groups in total. The van der Waals surface area contributed by atoms with Crippen LogP contribution in [0.25, 0.3) is 16.7 Å². The van der Waals surface area contributed by atoms with Gasteiger partial charge in [0.2, 0.25) is 5.90 Å². The summed E-state index contributed by atoms with van der Waals surface area (Å²) in [4.78, 5) is 6.83. The van der Waals surface area contributed by atoms with Crippen LogP contribution in [-0.4, -0.2) is 49.3 Å². The minimum atomic E-state index is 0.530. The lowest BCUT2D eigenvalue weighted by Gasteiger charge is -2.28. The molecule has 0 aromatic carbocycles. The lowest BCUT2D eigenvalue weighted by Crippen LogP contribution is -2.36. The molecule has 0 amide bonds. The Balaban J connectivity index is 1.58. The third-order valence-electron chi connectivity index (χ3n) is 4.92. The molecule has 1 fully saturated rings. The fraction of sp³-hybridized carbons (Fsp3) is 0.238. The van der Waals surface area contributed by atoms with Crippen molar-refractivity contribution < 1.29 is 13.9 Å². The number of hydrazone groups is 1. The number of fused-ring (bicyclic) bond motifs is 2. The lowest BCUT2D eigenvalue weighted by molar-refractivity contribution is 0.122. The summed E-state index contributed by atoms with van der Waals surface area (Å²) in [5.41, 5.74) is 3.40. The Labute approximate surface area is 162 Å². The van der Waals surface area contributed by atoms with Gasteiger partial charge in [0.1, 0.15) is 17.1 Å². The van der Waals surface area contributed by atoms with Gasteiger partial charge in [-0.15, -0.1) is 5.10 Å². The van der Waals surface area contributed by atoms with Crippen LogP contribution in [-0.2, 0) is 9.47 Å². The largest absolute Gasteiger partial charge is 0.480 e. The topological polar surface area (TPSA) is 63.3 Å². The van der Waals surface area contributed by atoms with Crippen molar-refractivity contribution in [1.82, 2.24) is 9.99 Å². The number of morpholine rings is 1. The average Bonchev–Trinajstić information content (AvgIpc) is 3.17. The van der Waals surface area contributed by atoms with E-state index in [4.69, 9.17) is 13.9 Å². The van der Waals surface area contributed by atoms with Gasteiger partial charge >= 0.3 is 0 Å². The SMILES string of the molecule is C=C1C=C2C=CC(OC)=NN2C(c2cc3c(N4CCOCC4)nccc3o2)=C1. The van der Waals surface area contributed by atoms with E-state index in [0.29, 0.717) is 24.9 Å². The average molecular weight is 376 g/mol. The number of hydrogen-bond donors (Lipinski definition) is 0. The highest BCUT2D eigenvalue weighted by atomic mass is 16.5. The number of rotatable bonds is 2. The van der Waals surface area contributed by atoms with Crippen molar-refractivity contribution in [2.45, 2.75) is 0 Å². The quantitative estimate of drug-likeness (QED) is 0.801. The summed E-state index contributed by atoms with van der Waals surface area (Å²) in [5.74, 6) is 2.16. The third-order valence-corrected chi connectivity index (χ3v) is 4.92. The molecule has 0 aliphatic carbocycles. The molecule has 28 heavy (non-hydrogen) atoms. The Morgan fingerprint density at radius 3 is 2.86 bits per heavy atom. The molecule has 5 rings (SSSR count). The molecule has 5 heterocycles. The zero-order chi connectivity index (χ0) is 19.1. The van der Waals surface area contributed by atoms with Gasteiger partial charge in [-0.25, -0.2) is 9.99 Å². The van der Waals surface area contributed by atoms with E-state index in [-0.39, 0.29) is 0 Å². The number of pyridine rings is 1. The molecule has 0 atom stereocenters. The molecule has 1 saturated heterocycles. The van der Waals surface area contributed by atoms with Crippen LogP contribution >= 0.6 is 0 Å². The molecule has 0 saturated carbocycles. The molecule has 142 valence electrons. The second kappa shape index (κ2) is 6.69. The van der Waals surface area contributed by atoms with Crippen LogP contribution in [0.3, 0.4) is 0 Å². The van der Waals surface area contributed by atoms with Crippen LogP contribution < -0.4 is 4.90 Å². The molecule has 0 bridgehead atoms. The summed E-state index contributed by atoms with van der Waals surface area (Å²) < 4.78 is 17.0. The van der Waals surface area contributed by atoms with Gasteiger partial charge in [0.25, 0.3) is 0 Å². The minimum Gasteiger partial charge on any atom is -0.480 e. The molecule has 3 aliphatic heterocycles. The second-order valence-corrected chi connectivity index (χ2v) is 6.72. The van der Waals surface area contributed by atoms with Crippen LogP contribution in [0.5, 0.6) is 0 Å². The summed E-state index contributed by atoms with van der Waals surface area (Å²) in [6.45, 7) is 7.14. The molecular formula is C21H20N4O3. The number of nitrogens with zero attached hydrogens (tertiary/aromatic N) is 4. The fourth-order valence-corrected chi connectivity index (χ4v) is 3.57. The van der Waals surface area contributed by atoms with E-state index in [1.165, 1.54) is 0 Å². The number of hydrogen-bond acceptors (Lipinski definition) is 7. The van der Waals surface area contributed by atoms with Crippen LogP contribution in [0.4, 0.5) is 5.82 Å². The number of methoxy groups -OCH3 is 1. The first-order valence-electron chi connectivity index (χ1n) is 9.17. The van der Waals surface area contributed by atoms with Gasteiger partial charge in [-0.2, -0.15) is 0 Å². The molecular weight excluding hydrogens is 356 g/mol. The summed E-state index contributed by atoms with van der Waals surface area (Å²) in [5, 5.41) is 7.35. The van der Waals surface area contributed by atoms with E-state index in [2.05, 4.69) is 21.6 Å². The van der Waals surface area contributed by atoms with Crippen LogP contribution in [0.2, 0.25) is 0 Å². The summed E-state index contributed by atoms with van der Waals surface area (Å²) in [7, 11) is 1.60. The van der Waals surface area contributed by atoms with E-state index < -0.39 is 0 Å². The number of allylic oxidation sites excluding steroid dienone is 4. The standard InChI is InChI=1S/C21H20N4O3/c1-14-11-15-3-4-20(26-2)23-25(15)17(12-14)19-13-16-18(28-19)5-6-22-21(16)24-7-9-27-10-8-24/h3-6,11-13H,1,7-10H2,2H3. The smallest absolute Gasteiger partial charge is 0.231 e. The van der Waals surface area contributed by atoms with Gasteiger partial charge in [-0.1, -0.05) is 6.58 Å². The first-order valence-corrected chi connectivity index (χ1v) is 9.17. The normalized spacial score (nSPS) is 19.3. The summed E-state index contributed by atoms with van der Waals surface area (Å²) in [6.07, 6.45) is 9.49. The van der Waals surface area contributed by atoms with Crippen LogP contribution in [0.1, 0.15) is 5.76 Å². The van der Waals surface area contributed by atoms with E-state index in [1.54, 1.807) is 13.3 Å². The van der Waals surface area contributed by atoms with Crippen molar-refractivity contribution in [3.63, 3.8) is 0 Å². The highest BCUT2D eigenvalue weighted by Crippen LogP contribution is 2.37. The van der Waals surface area contributed by atoms with Gasteiger partial charge in [-0.05, 0) is 35.9 Å². The van der Waals surface area contributed by atoms with Crippen LogP contribution in [0.15, 0.2) is 70.0 Å². The van der Waals surface area contributed by atoms with Gasteiger partial charge in [-0.3, -0.25) is 0 Å². The van der Waals surface area contributed by atoms with E-state index in [9.17, 15) is 0 Å². The zero-order valence-electron chi connectivity index (χ0n) is 15.6. The molecule has 7 nitrogen and oxygen atoms in total. The first kappa shape index (κ1) is 16.8. The van der Waals surface area contributed by atoms with Gasteiger partial charge in [0.05, 0.1) is 31.4 Å². The maximum absolute atomic E-state index is 6.19. The number of anilines is 1. The maximum Gasteiger partial charge on any atom is 0.231 e. The van der Waals surface area contributed by atoms with E-state index in [1.807, 2.05) is 41.4 Å². The van der Waals surface area contributed by atoms with E-state index >= 15 is 0 Å². The molecule has 7 heteroatoms. The number of ether oxygens (including phenoxy) is 2. The van der Waals surface area contributed by atoms with Crippen LogP contribution in [0, 0.1) is 0 Å². The van der Waals surface area contributed by atoms with Gasteiger partial charge < -0.3 is 18.8 Å². The lowest BCUT2D eigenvalue weighted by atomic mass is 10.1. The number of aromatic nitrogens is 1. The Bertz CT molecular complexity index is 1070. The molecule has 2 aromatic heterocycles. The van der Waals surface area contributed by atoms with Crippen molar-refractivity contribution in [3.05, 3.63) is 66.2 Å². The third kappa shape index (κ3) is 2.80. The minimum absolute atomic E-state index is 0.530. The predicted octanol–water partition coefficient (Wildman–Crippen LogP) is 3.29. The van der Waals surface area contributed by atoms with Crippen molar-refractivity contribution in [2.75, 3.05) is 38.3 Å². The Morgan fingerprint density at radius 2 is 2.04 bits per heavy atom. The van der Waals surface area contributed by atoms with Crippen molar-refractivity contribution in [3.8, 4) is 0 Å². The van der Waals surface area contributed by atoms with Crippen molar-refractivity contribution in [1.29, 1.82) is 0 Å². The Kier molecular flexibility index (Phi) is 4.02. The van der Waals surface area contributed by atoms with Crippen molar-refractivity contribution in [2.24, 2.45) is 5.10 Å². The predicted molar refractivity (Wildman–Crippen MR) is 108 cm³/mol. The zero-order valence-corrected chi connectivity index (χ0v) is 15.6. The fourth-order valence-electron chi connectivity index (χ4n) is 3.57. The Hall–Kier alpha value is -3.32. The Morgan fingerprint density at radius 1 is 1.18 bits per heavy atom. The second-order valence-electron chi connectivity index (χ2n) is 6.72. The van der Waals surface area contributed by atoms with Crippen molar-refractivity contribution >= 4 is 28.4 Å². The van der Waals surface area contributed by atoms with Gasteiger partial charge in [0, 0.05) is 25.4 Å². The molecule has 0 unspecified atom stereocenters. The highest BCUT2D eigenvalue weighted by Gasteiger charge is 2.26. The molecule has 0 spiro atoms. The summed E-state index contributed by atoms with van der Waals surface area (Å²) >= 11 is 0. The summed E-state index contributed by atoms with van der Waals surface area (Å²) in [6, 6.07) is 3.91. The first-order chi connectivity index (χ1) is 13.7. The van der Waals surface area contributed by atoms with E-state index in [0.717, 1.165) is 46.8 Å². The molecule has 0 radical (unpaired) electrons.